The number of hydrogen-bond acceptors (Lipinski definition) is 4. The number of likely N-dealkylation sites (N-methyl/N-ethyl adjacent to an activating group) is 1. The second kappa shape index (κ2) is 11.3. The Bertz CT molecular complexity index is 685. The largest absolute Gasteiger partial charge is 0.357 e. The van der Waals surface area contributed by atoms with Crippen molar-refractivity contribution in [2.45, 2.75) is 26.3 Å². The molecule has 1 aromatic carbocycles. The summed E-state index contributed by atoms with van der Waals surface area (Å²) in [5.41, 5.74) is 1.77. The molecule has 4 N–H and O–H groups in total. The zero-order valence-corrected chi connectivity index (χ0v) is 17.0. The second-order valence-electron chi connectivity index (χ2n) is 7.17. The van der Waals surface area contributed by atoms with Crippen molar-refractivity contribution in [3.8, 4) is 0 Å². The number of nitrogens with zero attached hydrogens (tertiary/aromatic N) is 2. The third-order valence-corrected chi connectivity index (χ3v) is 4.10. The van der Waals surface area contributed by atoms with Gasteiger partial charge in [0.1, 0.15) is 0 Å². The fourth-order valence-electron chi connectivity index (χ4n) is 2.60. The van der Waals surface area contributed by atoms with Crippen molar-refractivity contribution in [3.63, 3.8) is 0 Å². The molecule has 2 rings (SSSR count). The molecule has 0 saturated heterocycles. The number of rotatable bonds is 10. The van der Waals surface area contributed by atoms with Crippen molar-refractivity contribution in [2.24, 2.45) is 10.9 Å². The van der Waals surface area contributed by atoms with Crippen molar-refractivity contribution >= 4 is 23.5 Å². The minimum Gasteiger partial charge on any atom is -0.357 e. The number of anilines is 1. The van der Waals surface area contributed by atoms with Crippen molar-refractivity contribution < 1.29 is 9.59 Å². The van der Waals surface area contributed by atoms with E-state index >= 15 is 0 Å². The van der Waals surface area contributed by atoms with Crippen LogP contribution in [0.25, 0.3) is 0 Å². The van der Waals surface area contributed by atoms with Crippen molar-refractivity contribution in [2.75, 3.05) is 45.6 Å². The molecule has 0 atom stereocenters. The zero-order valence-electron chi connectivity index (χ0n) is 17.0. The Hall–Kier alpha value is -2.61. The topological polar surface area (TPSA) is 97.9 Å². The van der Waals surface area contributed by atoms with Gasteiger partial charge in [-0.25, -0.2) is 4.99 Å². The summed E-state index contributed by atoms with van der Waals surface area (Å²) in [5, 5.41) is 12.2. The Balaban J connectivity index is 1.82. The number of nitrogens with one attached hydrogen (secondary N) is 4. The molecule has 154 valence electrons. The molecule has 1 fully saturated rings. The molecule has 2 amide bonds. The SMILES string of the molecule is CCNC(=NCc1cccc(NC(=O)CN(C)C)c1)NCCNC(=O)C1CC1. The van der Waals surface area contributed by atoms with Gasteiger partial charge in [0.2, 0.25) is 11.8 Å². The van der Waals surface area contributed by atoms with Crippen LogP contribution in [0.4, 0.5) is 5.69 Å². The number of hydrogen-bond donors (Lipinski definition) is 4. The second-order valence-corrected chi connectivity index (χ2v) is 7.17. The predicted molar refractivity (Wildman–Crippen MR) is 112 cm³/mol. The summed E-state index contributed by atoms with van der Waals surface area (Å²) in [5.74, 6) is 1.03. The maximum atomic E-state index is 11.9. The van der Waals surface area contributed by atoms with Gasteiger partial charge in [0.15, 0.2) is 5.96 Å². The van der Waals surface area contributed by atoms with Gasteiger partial charge in [-0.3, -0.25) is 9.59 Å². The van der Waals surface area contributed by atoms with Crippen molar-refractivity contribution in [1.82, 2.24) is 20.9 Å². The maximum absolute atomic E-state index is 11.9. The number of aliphatic imine (C=N–C) groups is 1. The van der Waals surface area contributed by atoms with Crippen molar-refractivity contribution in [3.05, 3.63) is 29.8 Å². The summed E-state index contributed by atoms with van der Waals surface area (Å²) in [7, 11) is 3.72. The molecule has 0 unspecified atom stereocenters. The average molecular weight is 389 g/mol. The van der Waals surface area contributed by atoms with Gasteiger partial charge in [-0.15, -0.1) is 0 Å². The first kappa shape index (κ1) is 21.7. The van der Waals surface area contributed by atoms with Crippen LogP contribution in [-0.2, 0) is 16.1 Å². The first-order valence-corrected chi connectivity index (χ1v) is 9.81. The van der Waals surface area contributed by atoms with Gasteiger partial charge in [0.25, 0.3) is 0 Å². The van der Waals surface area contributed by atoms with E-state index in [0.29, 0.717) is 32.1 Å². The van der Waals surface area contributed by atoms with Crippen LogP contribution in [0.1, 0.15) is 25.3 Å². The highest BCUT2D eigenvalue weighted by Gasteiger charge is 2.28. The highest BCUT2D eigenvalue weighted by atomic mass is 16.2. The van der Waals surface area contributed by atoms with Crippen molar-refractivity contribution in [1.29, 1.82) is 0 Å². The van der Waals surface area contributed by atoms with Crippen LogP contribution >= 0.6 is 0 Å². The number of guanidine groups is 1. The van der Waals surface area contributed by atoms with E-state index in [1.165, 1.54) is 0 Å². The van der Waals surface area contributed by atoms with E-state index in [1.807, 2.05) is 50.2 Å². The van der Waals surface area contributed by atoms with Gasteiger partial charge < -0.3 is 26.2 Å². The molecule has 28 heavy (non-hydrogen) atoms. The number of amides is 2. The molecule has 0 heterocycles. The molecule has 1 aliphatic carbocycles. The highest BCUT2D eigenvalue weighted by Crippen LogP contribution is 2.28. The standard InChI is InChI=1S/C20H32N6O2/c1-4-21-20(23-11-10-22-19(28)16-8-9-16)24-13-15-6-5-7-17(12-15)25-18(27)14-26(2)3/h5-7,12,16H,4,8-11,13-14H2,1-3H3,(H,22,28)(H,25,27)(H2,21,23,24). The van der Waals surface area contributed by atoms with E-state index in [4.69, 9.17) is 0 Å². The fraction of sp³-hybridized carbons (Fsp3) is 0.550. The lowest BCUT2D eigenvalue weighted by atomic mass is 10.2. The van der Waals surface area contributed by atoms with Crippen LogP contribution in [0.5, 0.6) is 0 Å². The third kappa shape index (κ3) is 8.39. The van der Waals surface area contributed by atoms with E-state index in [2.05, 4.69) is 26.3 Å². The summed E-state index contributed by atoms with van der Waals surface area (Å²) in [6, 6.07) is 7.68. The summed E-state index contributed by atoms with van der Waals surface area (Å²) >= 11 is 0. The first-order valence-electron chi connectivity index (χ1n) is 9.81. The molecule has 1 aromatic rings. The number of benzene rings is 1. The molecule has 0 spiro atoms. The Labute approximate surface area is 167 Å². The molecule has 0 bridgehead atoms. The monoisotopic (exact) mass is 388 g/mol. The summed E-state index contributed by atoms with van der Waals surface area (Å²) in [4.78, 5) is 29.9. The molecule has 0 aliphatic heterocycles. The predicted octanol–water partition coefficient (Wildman–Crippen LogP) is 0.768. The minimum atomic E-state index is -0.0473. The number of carbonyl (C=O) groups is 2. The Kier molecular flexibility index (Phi) is 8.74. The van der Waals surface area contributed by atoms with E-state index in [-0.39, 0.29) is 17.7 Å². The van der Waals surface area contributed by atoms with Gasteiger partial charge >= 0.3 is 0 Å². The minimum absolute atomic E-state index is 0.0473. The van der Waals surface area contributed by atoms with Gasteiger partial charge in [-0.2, -0.15) is 0 Å². The molecule has 8 heteroatoms. The lowest BCUT2D eigenvalue weighted by molar-refractivity contribution is -0.122. The molecule has 0 aromatic heterocycles. The molecular weight excluding hydrogens is 356 g/mol. The normalized spacial score (nSPS) is 13.9. The average Bonchev–Trinajstić information content (AvgIpc) is 3.47. The Morgan fingerprint density at radius 3 is 2.57 bits per heavy atom. The van der Waals surface area contributed by atoms with Crippen LogP contribution in [0.2, 0.25) is 0 Å². The van der Waals surface area contributed by atoms with E-state index < -0.39 is 0 Å². The molecule has 1 saturated carbocycles. The van der Waals surface area contributed by atoms with Crippen LogP contribution in [0, 0.1) is 5.92 Å². The molecule has 1 aliphatic rings. The first-order chi connectivity index (χ1) is 13.5. The lowest BCUT2D eigenvalue weighted by Gasteiger charge is -2.12. The molecule has 8 nitrogen and oxygen atoms in total. The van der Waals surface area contributed by atoms with Crippen LogP contribution < -0.4 is 21.3 Å². The van der Waals surface area contributed by atoms with Gasteiger partial charge in [0, 0.05) is 31.2 Å². The highest BCUT2D eigenvalue weighted by molar-refractivity contribution is 5.92. The van der Waals surface area contributed by atoms with Crippen LogP contribution in [0.15, 0.2) is 29.3 Å². The zero-order chi connectivity index (χ0) is 20.4. The smallest absolute Gasteiger partial charge is 0.238 e. The lowest BCUT2D eigenvalue weighted by Crippen LogP contribution is -2.41. The van der Waals surface area contributed by atoms with Crippen LogP contribution in [0.3, 0.4) is 0 Å². The molecule has 0 radical (unpaired) electrons. The van der Waals surface area contributed by atoms with Gasteiger partial charge in [-0.05, 0) is 51.6 Å². The summed E-state index contributed by atoms with van der Waals surface area (Å²) in [6.45, 7) is 4.78. The van der Waals surface area contributed by atoms with E-state index in [0.717, 1.165) is 30.6 Å². The van der Waals surface area contributed by atoms with E-state index in [9.17, 15) is 9.59 Å². The Morgan fingerprint density at radius 2 is 1.89 bits per heavy atom. The summed E-state index contributed by atoms with van der Waals surface area (Å²) < 4.78 is 0. The van der Waals surface area contributed by atoms with Crippen LogP contribution in [-0.4, -0.2) is 62.9 Å². The summed E-state index contributed by atoms with van der Waals surface area (Å²) in [6.07, 6.45) is 2.02. The number of carbonyl (C=O) groups excluding carboxylic acids is 2. The quantitative estimate of drug-likeness (QED) is 0.270. The van der Waals surface area contributed by atoms with Gasteiger partial charge in [0.05, 0.1) is 13.1 Å². The fourth-order valence-corrected chi connectivity index (χ4v) is 2.60. The molecular formula is C20H32N6O2. The third-order valence-electron chi connectivity index (χ3n) is 4.10. The Morgan fingerprint density at radius 1 is 1.14 bits per heavy atom. The maximum Gasteiger partial charge on any atom is 0.238 e. The van der Waals surface area contributed by atoms with Gasteiger partial charge in [-0.1, -0.05) is 12.1 Å². The van der Waals surface area contributed by atoms with E-state index in [1.54, 1.807) is 0 Å².